The van der Waals surface area contributed by atoms with E-state index in [4.69, 9.17) is 0 Å². The summed E-state index contributed by atoms with van der Waals surface area (Å²) in [5, 5.41) is 2.92. The molecular weight excluding hydrogens is 214 g/mol. The Morgan fingerprint density at radius 1 is 1.47 bits per heavy atom. The molecule has 1 aromatic heterocycles. The molecule has 1 aliphatic heterocycles. The third-order valence-electron chi connectivity index (χ3n) is 3.83. The number of hydrogen-bond donors (Lipinski definition) is 1. The number of nitrogens with one attached hydrogen (secondary N) is 1. The summed E-state index contributed by atoms with van der Waals surface area (Å²) in [5.74, 6) is 0.738. The zero-order valence-electron chi connectivity index (χ0n) is 10.0. The van der Waals surface area contributed by atoms with Crippen molar-refractivity contribution in [2.75, 3.05) is 11.9 Å². The van der Waals surface area contributed by atoms with Crippen molar-refractivity contribution in [2.45, 2.75) is 32.2 Å². The Bertz CT molecular complexity index is 429. The number of carbonyl (C=O) groups is 1. The predicted octanol–water partition coefficient (Wildman–Crippen LogP) is 2.41. The van der Waals surface area contributed by atoms with Gasteiger partial charge in [0.25, 0.3) is 0 Å². The molecule has 1 aliphatic carbocycles. The Balaban J connectivity index is 1.65. The molecule has 2 heterocycles. The second-order valence-corrected chi connectivity index (χ2v) is 5.10. The van der Waals surface area contributed by atoms with Gasteiger partial charge in [-0.05, 0) is 44.2 Å². The van der Waals surface area contributed by atoms with Gasteiger partial charge in [0.2, 0.25) is 0 Å². The molecule has 2 aliphatic rings. The topological polar surface area (TPSA) is 45.2 Å². The van der Waals surface area contributed by atoms with Crippen molar-refractivity contribution in [1.82, 2.24) is 9.88 Å². The lowest BCUT2D eigenvalue weighted by Crippen LogP contribution is -2.40. The Hall–Kier alpha value is -1.58. The standard InChI is InChI=1S/C13H17N3O/c1-9-2-4-11(7-14-9)15-13(17)16-8-10-3-5-12(16)6-10/h2,4,7,10,12H,3,5-6,8H2,1H3,(H,15,17). The van der Waals surface area contributed by atoms with Crippen molar-refractivity contribution >= 4 is 11.7 Å². The lowest BCUT2D eigenvalue weighted by Gasteiger charge is -2.27. The van der Waals surface area contributed by atoms with E-state index in [0.29, 0.717) is 6.04 Å². The Kier molecular flexibility index (Phi) is 2.50. The molecule has 2 amide bonds. The first kappa shape index (κ1) is 10.6. The summed E-state index contributed by atoms with van der Waals surface area (Å²) < 4.78 is 0. The lowest BCUT2D eigenvalue weighted by atomic mass is 10.1. The molecule has 2 fully saturated rings. The third-order valence-corrected chi connectivity index (χ3v) is 3.83. The van der Waals surface area contributed by atoms with Gasteiger partial charge < -0.3 is 10.2 Å². The summed E-state index contributed by atoms with van der Waals surface area (Å²) in [7, 11) is 0. The van der Waals surface area contributed by atoms with Gasteiger partial charge in [0, 0.05) is 18.3 Å². The number of nitrogens with zero attached hydrogens (tertiary/aromatic N) is 2. The van der Waals surface area contributed by atoms with Gasteiger partial charge in [-0.1, -0.05) is 0 Å². The minimum absolute atomic E-state index is 0.0304. The number of pyridine rings is 1. The molecule has 1 saturated heterocycles. The highest BCUT2D eigenvalue weighted by molar-refractivity contribution is 5.89. The van der Waals surface area contributed by atoms with Gasteiger partial charge in [0.05, 0.1) is 11.9 Å². The third kappa shape index (κ3) is 1.99. The highest BCUT2D eigenvalue weighted by atomic mass is 16.2. The molecule has 1 saturated carbocycles. The van der Waals surface area contributed by atoms with E-state index in [0.717, 1.165) is 23.8 Å². The Labute approximate surface area is 101 Å². The number of hydrogen-bond acceptors (Lipinski definition) is 2. The molecule has 2 bridgehead atoms. The van der Waals surface area contributed by atoms with E-state index in [2.05, 4.69) is 10.3 Å². The van der Waals surface area contributed by atoms with Crippen LogP contribution >= 0.6 is 0 Å². The molecule has 1 aromatic rings. The maximum Gasteiger partial charge on any atom is 0.322 e. The first-order chi connectivity index (χ1) is 8.22. The monoisotopic (exact) mass is 231 g/mol. The number of amides is 2. The van der Waals surface area contributed by atoms with E-state index < -0.39 is 0 Å². The molecule has 4 heteroatoms. The molecule has 2 atom stereocenters. The molecule has 4 nitrogen and oxygen atoms in total. The van der Waals surface area contributed by atoms with Crippen LogP contribution in [0.5, 0.6) is 0 Å². The SMILES string of the molecule is Cc1ccc(NC(=O)N2CC3CCC2C3)cn1. The molecule has 2 unspecified atom stereocenters. The zero-order valence-corrected chi connectivity index (χ0v) is 10.0. The molecule has 1 N–H and O–H groups in total. The highest BCUT2D eigenvalue weighted by Crippen LogP contribution is 2.37. The quantitative estimate of drug-likeness (QED) is 0.806. The number of aromatic nitrogens is 1. The van der Waals surface area contributed by atoms with E-state index in [-0.39, 0.29) is 6.03 Å². The fourth-order valence-electron chi connectivity index (χ4n) is 2.91. The summed E-state index contributed by atoms with van der Waals surface area (Å²) in [6.45, 7) is 2.86. The number of rotatable bonds is 1. The van der Waals surface area contributed by atoms with Gasteiger partial charge >= 0.3 is 6.03 Å². The largest absolute Gasteiger partial charge is 0.322 e. The van der Waals surface area contributed by atoms with E-state index >= 15 is 0 Å². The smallest absolute Gasteiger partial charge is 0.321 e. The van der Waals surface area contributed by atoms with Crippen LogP contribution < -0.4 is 5.32 Å². The summed E-state index contributed by atoms with van der Waals surface area (Å²) in [6.07, 6.45) is 5.37. The normalized spacial score (nSPS) is 26.3. The molecule has 0 aromatic carbocycles. The van der Waals surface area contributed by atoms with Crippen LogP contribution in [0.4, 0.5) is 10.5 Å². The highest BCUT2D eigenvalue weighted by Gasteiger charge is 2.40. The fraction of sp³-hybridized carbons (Fsp3) is 0.538. The number of aryl methyl sites for hydroxylation is 1. The Morgan fingerprint density at radius 2 is 2.35 bits per heavy atom. The molecule has 0 spiro atoms. The van der Waals surface area contributed by atoms with Crippen molar-refractivity contribution in [3.8, 4) is 0 Å². The molecular formula is C13H17N3O. The van der Waals surface area contributed by atoms with Crippen LogP contribution in [0.2, 0.25) is 0 Å². The summed E-state index contributed by atoms with van der Waals surface area (Å²) in [6, 6.07) is 4.31. The fourth-order valence-corrected chi connectivity index (χ4v) is 2.91. The van der Waals surface area contributed by atoms with Gasteiger partial charge in [0.1, 0.15) is 0 Å². The first-order valence-corrected chi connectivity index (χ1v) is 6.22. The molecule has 3 rings (SSSR count). The van der Waals surface area contributed by atoms with Gasteiger partial charge in [0.15, 0.2) is 0 Å². The van der Waals surface area contributed by atoms with Crippen LogP contribution in [0, 0.1) is 12.8 Å². The average molecular weight is 231 g/mol. The van der Waals surface area contributed by atoms with E-state index in [9.17, 15) is 4.79 Å². The summed E-state index contributed by atoms with van der Waals surface area (Å²) in [5.41, 5.74) is 1.74. The van der Waals surface area contributed by atoms with Gasteiger partial charge in [-0.2, -0.15) is 0 Å². The average Bonchev–Trinajstić information content (AvgIpc) is 2.94. The number of piperidine rings is 1. The second-order valence-electron chi connectivity index (χ2n) is 5.10. The number of fused-ring (bicyclic) bond motifs is 2. The minimum atomic E-state index is 0.0304. The molecule has 90 valence electrons. The zero-order chi connectivity index (χ0) is 11.8. The summed E-state index contributed by atoms with van der Waals surface area (Å²) in [4.78, 5) is 18.2. The number of anilines is 1. The maximum atomic E-state index is 12.1. The van der Waals surface area contributed by atoms with Crippen molar-refractivity contribution in [2.24, 2.45) is 5.92 Å². The van der Waals surface area contributed by atoms with E-state index in [1.165, 1.54) is 19.3 Å². The van der Waals surface area contributed by atoms with Crippen LogP contribution in [0.15, 0.2) is 18.3 Å². The van der Waals surface area contributed by atoms with Crippen molar-refractivity contribution < 1.29 is 4.79 Å². The van der Waals surface area contributed by atoms with Crippen LogP contribution in [-0.2, 0) is 0 Å². The van der Waals surface area contributed by atoms with E-state index in [1.807, 2.05) is 24.0 Å². The van der Waals surface area contributed by atoms with E-state index in [1.54, 1.807) is 6.20 Å². The van der Waals surface area contributed by atoms with Crippen LogP contribution in [0.3, 0.4) is 0 Å². The van der Waals surface area contributed by atoms with Crippen LogP contribution in [0.25, 0.3) is 0 Å². The predicted molar refractivity (Wildman–Crippen MR) is 65.8 cm³/mol. The van der Waals surface area contributed by atoms with Crippen LogP contribution in [-0.4, -0.2) is 28.5 Å². The van der Waals surface area contributed by atoms with Crippen LogP contribution in [0.1, 0.15) is 25.0 Å². The molecule has 0 radical (unpaired) electrons. The summed E-state index contributed by atoms with van der Waals surface area (Å²) >= 11 is 0. The number of carbonyl (C=O) groups excluding carboxylic acids is 1. The van der Waals surface area contributed by atoms with Crippen molar-refractivity contribution in [3.05, 3.63) is 24.0 Å². The van der Waals surface area contributed by atoms with Gasteiger partial charge in [-0.15, -0.1) is 0 Å². The number of urea groups is 1. The minimum Gasteiger partial charge on any atom is -0.321 e. The second kappa shape index (κ2) is 4.02. The lowest BCUT2D eigenvalue weighted by molar-refractivity contribution is 0.194. The van der Waals surface area contributed by atoms with Crippen molar-refractivity contribution in [3.63, 3.8) is 0 Å². The first-order valence-electron chi connectivity index (χ1n) is 6.22. The van der Waals surface area contributed by atoms with Crippen molar-refractivity contribution in [1.29, 1.82) is 0 Å². The molecule has 17 heavy (non-hydrogen) atoms. The van der Waals surface area contributed by atoms with Gasteiger partial charge in [-0.3, -0.25) is 4.98 Å². The van der Waals surface area contributed by atoms with Gasteiger partial charge in [-0.25, -0.2) is 4.79 Å². The Morgan fingerprint density at radius 3 is 2.94 bits per heavy atom. The maximum absolute atomic E-state index is 12.1. The number of likely N-dealkylation sites (tertiary alicyclic amines) is 1.